The van der Waals surface area contributed by atoms with Gasteiger partial charge in [-0.2, -0.15) is 0 Å². The maximum Gasteiger partial charge on any atom is 0.0595 e. The lowest BCUT2D eigenvalue weighted by Gasteiger charge is -2.32. The van der Waals surface area contributed by atoms with E-state index >= 15 is 0 Å². The van der Waals surface area contributed by atoms with Crippen molar-refractivity contribution in [2.24, 2.45) is 0 Å². The first-order chi connectivity index (χ1) is 14.3. The Morgan fingerprint density at radius 3 is 2.07 bits per heavy atom. The molecule has 0 aromatic heterocycles. The van der Waals surface area contributed by atoms with Crippen molar-refractivity contribution in [1.82, 2.24) is 5.32 Å². The van der Waals surface area contributed by atoms with Crippen LogP contribution in [0, 0.1) is 0 Å². The highest BCUT2D eigenvalue weighted by molar-refractivity contribution is 6.42. The predicted molar refractivity (Wildman–Crippen MR) is 114 cm³/mol. The first-order valence-corrected chi connectivity index (χ1v) is 10.7. The predicted octanol–water partition coefficient (Wildman–Crippen LogP) is 3.23. The van der Waals surface area contributed by atoms with E-state index in [0.717, 1.165) is 12.8 Å². The molecule has 1 aliphatic carbocycles. The lowest BCUT2D eigenvalue weighted by Crippen LogP contribution is -2.24. The van der Waals surface area contributed by atoms with Crippen LogP contribution in [0.1, 0.15) is 67.2 Å². The lowest BCUT2D eigenvalue weighted by molar-refractivity contribution is -0.308. The fourth-order valence-corrected chi connectivity index (χ4v) is 4.01. The van der Waals surface area contributed by atoms with E-state index < -0.39 is 11.9 Å². The van der Waals surface area contributed by atoms with Crippen molar-refractivity contribution in [2.45, 2.75) is 50.5 Å². The van der Waals surface area contributed by atoms with Gasteiger partial charge in [-0.25, -0.2) is 0 Å². The third kappa shape index (κ3) is 7.01. The molecule has 1 N–H and O–H groups in total. The Labute approximate surface area is 187 Å². The Kier molecular flexibility index (Phi) is 9.63. The summed E-state index contributed by atoms with van der Waals surface area (Å²) in [4.78, 5) is 19.5. The molecule has 30 heavy (non-hydrogen) atoms. The van der Waals surface area contributed by atoms with Crippen LogP contribution in [0.3, 0.4) is 0 Å². The maximum atomic E-state index is 9.77. The van der Waals surface area contributed by atoms with Gasteiger partial charge in [0.15, 0.2) is 0 Å². The number of hydrogen-bond donors (Lipinski definition) is 1. The first kappa shape index (κ1) is 24.2. The Balaban J connectivity index is 0.000000274. The van der Waals surface area contributed by atoms with Crippen molar-refractivity contribution in [3.8, 4) is 0 Å². The van der Waals surface area contributed by atoms with Gasteiger partial charge in [0.25, 0.3) is 0 Å². The number of benzene rings is 2. The molecule has 0 spiro atoms. The average molecular weight is 450 g/mol. The Bertz CT molecular complexity index is 856. The summed E-state index contributed by atoms with van der Waals surface area (Å²) in [6, 6.07) is 15.1. The second-order valence-electron chi connectivity index (χ2n) is 7.22. The number of nitrogens with one attached hydrogen (secondary N) is 1. The smallest absolute Gasteiger partial charge is 0.0595 e. The zero-order chi connectivity index (χ0) is 22.1. The van der Waals surface area contributed by atoms with Crippen LogP contribution in [0.15, 0.2) is 42.5 Å². The number of rotatable bonds is 7. The number of carboxylic acids is 2. The van der Waals surface area contributed by atoms with Crippen LogP contribution in [0.2, 0.25) is 10.0 Å². The number of carbonyl (C=O) groups is 2. The van der Waals surface area contributed by atoms with Crippen LogP contribution >= 0.6 is 23.2 Å². The summed E-state index contributed by atoms with van der Waals surface area (Å²) in [6.07, 6.45) is 2.80. The lowest BCUT2D eigenvalue weighted by atomic mass is 9.77. The SMILES string of the molecule is CN[C@H]1CC[C@@H](c2ccc(Cl)c(Cl)c2)c2ccccc21.O=C([O-])CCCCC(=O)[O-]. The molecular formula is C23H25Cl2NO4-2. The molecule has 7 heteroatoms. The van der Waals surface area contributed by atoms with E-state index in [1.807, 2.05) is 19.2 Å². The average Bonchev–Trinajstić information content (AvgIpc) is 2.73. The molecule has 5 nitrogen and oxygen atoms in total. The quantitative estimate of drug-likeness (QED) is 0.654. The highest BCUT2D eigenvalue weighted by Gasteiger charge is 2.27. The second kappa shape index (κ2) is 11.9. The van der Waals surface area contributed by atoms with Gasteiger partial charge in [-0.05, 0) is 74.4 Å². The molecule has 162 valence electrons. The summed E-state index contributed by atoms with van der Waals surface area (Å²) in [7, 11) is 2.03. The number of carbonyl (C=O) groups excluding carboxylic acids is 2. The molecular weight excluding hydrogens is 425 g/mol. The van der Waals surface area contributed by atoms with Crippen molar-refractivity contribution in [3.05, 3.63) is 69.2 Å². The number of halogens is 2. The molecule has 2 aromatic rings. The van der Waals surface area contributed by atoms with Crippen LogP contribution in [0.5, 0.6) is 0 Å². The third-order valence-electron chi connectivity index (χ3n) is 5.20. The zero-order valence-corrected chi connectivity index (χ0v) is 18.3. The zero-order valence-electron chi connectivity index (χ0n) is 16.8. The summed E-state index contributed by atoms with van der Waals surface area (Å²) >= 11 is 12.2. The van der Waals surface area contributed by atoms with Gasteiger partial charge < -0.3 is 25.1 Å². The fraction of sp³-hybridized carbons (Fsp3) is 0.391. The highest BCUT2D eigenvalue weighted by Crippen LogP contribution is 2.42. The minimum atomic E-state index is -1.14. The van der Waals surface area contributed by atoms with E-state index in [-0.39, 0.29) is 12.8 Å². The summed E-state index contributed by atoms with van der Waals surface area (Å²) in [5.41, 5.74) is 4.05. The highest BCUT2D eigenvalue weighted by atomic mass is 35.5. The van der Waals surface area contributed by atoms with E-state index in [2.05, 4.69) is 35.6 Å². The molecule has 0 heterocycles. The molecule has 3 rings (SSSR count). The molecule has 0 bridgehead atoms. The van der Waals surface area contributed by atoms with Crippen LogP contribution < -0.4 is 15.5 Å². The largest absolute Gasteiger partial charge is 0.550 e. The molecule has 0 saturated carbocycles. The van der Waals surface area contributed by atoms with E-state index in [0.29, 0.717) is 34.8 Å². The standard InChI is InChI=1S/C17H17Cl2N.C6H10O4/c1-20-17-9-7-12(13-4-2-3-5-14(13)17)11-6-8-15(18)16(19)10-11;7-5(8)3-1-2-4-6(9)10/h2-6,8,10,12,17,20H,7,9H2,1H3;1-4H2,(H,7,8)(H,9,10)/p-2/t12-,17-;/m0./s1. The molecule has 2 atom stereocenters. The number of aliphatic carboxylic acids is 2. The summed E-state index contributed by atoms with van der Waals surface area (Å²) in [5.74, 6) is -1.87. The first-order valence-electron chi connectivity index (χ1n) is 9.94. The molecule has 0 amide bonds. The van der Waals surface area contributed by atoms with E-state index in [1.165, 1.54) is 16.7 Å². The van der Waals surface area contributed by atoms with Gasteiger partial charge in [-0.15, -0.1) is 0 Å². The Morgan fingerprint density at radius 2 is 1.53 bits per heavy atom. The van der Waals surface area contributed by atoms with Gasteiger partial charge in [0, 0.05) is 23.9 Å². The van der Waals surface area contributed by atoms with Crippen LogP contribution in [0.25, 0.3) is 0 Å². The molecule has 0 unspecified atom stereocenters. The van der Waals surface area contributed by atoms with Gasteiger partial charge in [0.2, 0.25) is 0 Å². The monoisotopic (exact) mass is 449 g/mol. The molecule has 0 radical (unpaired) electrons. The second-order valence-corrected chi connectivity index (χ2v) is 8.04. The Morgan fingerprint density at radius 1 is 0.933 bits per heavy atom. The normalized spacial score (nSPS) is 17.4. The van der Waals surface area contributed by atoms with Crippen molar-refractivity contribution >= 4 is 35.1 Å². The maximum absolute atomic E-state index is 9.77. The van der Waals surface area contributed by atoms with Crippen molar-refractivity contribution in [2.75, 3.05) is 7.05 Å². The number of unbranched alkanes of at least 4 members (excludes halogenated alkanes) is 1. The van der Waals surface area contributed by atoms with Gasteiger partial charge in [-0.3, -0.25) is 0 Å². The summed E-state index contributed by atoms with van der Waals surface area (Å²) in [6.45, 7) is 0. The van der Waals surface area contributed by atoms with E-state index in [9.17, 15) is 19.8 Å². The molecule has 0 fully saturated rings. The molecule has 1 aliphatic rings. The van der Waals surface area contributed by atoms with Gasteiger partial charge in [-0.1, -0.05) is 53.5 Å². The Hall–Kier alpha value is -2.08. The molecule has 0 saturated heterocycles. The van der Waals surface area contributed by atoms with E-state index in [4.69, 9.17) is 23.2 Å². The number of carboxylic acid groups (broad SMARTS) is 2. The fourth-order valence-electron chi connectivity index (χ4n) is 3.70. The van der Waals surface area contributed by atoms with Crippen LogP contribution in [-0.2, 0) is 9.59 Å². The summed E-state index contributed by atoms with van der Waals surface area (Å²) in [5, 5.41) is 24.2. The summed E-state index contributed by atoms with van der Waals surface area (Å²) < 4.78 is 0. The van der Waals surface area contributed by atoms with Crippen LogP contribution in [-0.4, -0.2) is 19.0 Å². The third-order valence-corrected chi connectivity index (χ3v) is 5.94. The minimum absolute atomic E-state index is 0.0761. The molecule has 2 aromatic carbocycles. The number of fused-ring (bicyclic) bond motifs is 1. The van der Waals surface area contributed by atoms with Crippen LogP contribution in [0.4, 0.5) is 0 Å². The van der Waals surface area contributed by atoms with Crippen molar-refractivity contribution in [1.29, 1.82) is 0 Å². The van der Waals surface area contributed by atoms with Crippen molar-refractivity contribution < 1.29 is 19.8 Å². The molecule has 0 aliphatic heterocycles. The van der Waals surface area contributed by atoms with Gasteiger partial charge in [0.1, 0.15) is 0 Å². The van der Waals surface area contributed by atoms with Gasteiger partial charge >= 0.3 is 0 Å². The topological polar surface area (TPSA) is 92.3 Å². The minimum Gasteiger partial charge on any atom is -0.550 e. The van der Waals surface area contributed by atoms with Crippen molar-refractivity contribution in [3.63, 3.8) is 0 Å². The van der Waals surface area contributed by atoms with Gasteiger partial charge in [0.05, 0.1) is 10.0 Å². The number of hydrogen-bond acceptors (Lipinski definition) is 5. The van der Waals surface area contributed by atoms with E-state index in [1.54, 1.807) is 0 Å².